The lowest BCUT2D eigenvalue weighted by atomic mass is 10.1. The van der Waals surface area contributed by atoms with Crippen LogP contribution >= 0.6 is 57.5 Å². The Bertz CT molecular complexity index is 831. The van der Waals surface area contributed by atoms with Crippen LogP contribution in [0.1, 0.15) is 43.8 Å². The summed E-state index contributed by atoms with van der Waals surface area (Å²) in [5.74, 6) is -0.775. The predicted molar refractivity (Wildman–Crippen MR) is 112 cm³/mol. The zero-order chi connectivity index (χ0) is 19.6. The molecule has 1 aliphatic rings. The second-order valence-electron chi connectivity index (χ2n) is 5.85. The number of anilines is 1. The van der Waals surface area contributed by atoms with E-state index in [1.807, 2.05) is 0 Å². The van der Waals surface area contributed by atoms with Crippen LogP contribution in [-0.2, 0) is 17.6 Å². The van der Waals surface area contributed by atoms with Gasteiger partial charge in [-0.15, -0.1) is 22.7 Å². The Kier molecular flexibility index (Phi) is 6.58. The quantitative estimate of drug-likeness (QED) is 0.356. The first kappa shape index (κ1) is 20.7. The lowest BCUT2D eigenvalue weighted by molar-refractivity contribution is 0.0527. The fraction of sp³-hybridized carbons (Fsp3) is 0.412. The van der Waals surface area contributed by atoms with Gasteiger partial charge in [0, 0.05) is 4.88 Å². The van der Waals surface area contributed by atoms with Gasteiger partial charge in [0.2, 0.25) is 3.79 Å². The number of fused-ring (bicyclic) bond motifs is 1. The van der Waals surface area contributed by atoms with Gasteiger partial charge >= 0.3 is 5.97 Å². The summed E-state index contributed by atoms with van der Waals surface area (Å²) in [5.41, 5.74) is 1.45. The van der Waals surface area contributed by atoms with Crippen molar-refractivity contribution in [3.05, 3.63) is 38.4 Å². The van der Waals surface area contributed by atoms with E-state index in [4.69, 9.17) is 39.5 Å². The molecule has 2 aromatic rings. The van der Waals surface area contributed by atoms with Gasteiger partial charge in [-0.1, -0.05) is 40.9 Å². The van der Waals surface area contributed by atoms with Crippen molar-refractivity contribution in [2.75, 3.05) is 11.9 Å². The van der Waals surface area contributed by atoms with Crippen molar-refractivity contribution in [1.82, 2.24) is 5.32 Å². The molecule has 0 spiro atoms. The summed E-state index contributed by atoms with van der Waals surface area (Å²) in [6.07, 6.45) is 1.68. The van der Waals surface area contributed by atoms with E-state index < -0.39 is 15.9 Å². The number of alkyl halides is 3. The molecule has 3 rings (SSSR count). The molecule has 2 aromatic heterocycles. The Labute approximate surface area is 179 Å². The van der Waals surface area contributed by atoms with E-state index in [1.54, 1.807) is 24.4 Å². The summed E-state index contributed by atoms with van der Waals surface area (Å²) in [6.45, 7) is 2.02. The number of aryl methyl sites for hydroxylation is 1. The van der Waals surface area contributed by atoms with Crippen molar-refractivity contribution in [3.63, 3.8) is 0 Å². The molecule has 0 fully saturated rings. The number of carbonyl (C=O) groups excluding carboxylic acids is 2. The highest BCUT2D eigenvalue weighted by atomic mass is 35.6. The van der Waals surface area contributed by atoms with Gasteiger partial charge in [-0.2, -0.15) is 0 Å². The van der Waals surface area contributed by atoms with Crippen molar-refractivity contribution in [1.29, 1.82) is 0 Å². The number of amides is 1. The summed E-state index contributed by atoms with van der Waals surface area (Å²) >= 11 is 21.0. The second kappa shape index (κ2) is 8.57. The number of carbonyl (C=O) groups is 2. The summed E-state index contributed by atoms with van der Waals surface area (Å²) in [5, 5.41) is 8.06. The minimum absolute atomic E-state index is 0.270. The standard InChI is InChI=1S/C17H17Cl3N2O3S2/c1-2-25-15(24)12-9-5-3-6-10(9)27-14(12)22-16(17(18,19)20)21-13(23)11-7-4-8-26-11/h4,7-8,16,22H,2-3,5-6H2,1H3,(H,21,23)/t16-/m1/s1. The molecule has 2 heterocycles. The van der Waals surface area contributed by atoms with Gasteiger partial charge in [-0.3, -0.25) is 4.79 Å². The van der Waals surface area contributed by atoms with Crippen molar-refractivity contribution in [2.45, 2.75) is 36.1 Å². The molecule has 0 bridgehead atoms. The molecule has 0 radical (unpaired) electrons. The molecule has 1 atom stereocenters. The number of esters is 1. The number of ether oxygens (including phenoxy) is 1. The van der Waals surface area contributed by atoms with Crippen molar-refractivity contribution in [2.24, 2.45) is 0 Å². The van der Waals surface area contributed by atoms with Crippen LogP contribution in [0.5, 0.6) is 0 Å². The monoisotopic (exact) mass is 466 g/mol. The highest BCUT2D eigenvalue weighted by Crippen LogP contribution is 2.41. The van der Waals surface area contributed by atoms with E-state index in [1.165, 1.54) is 22.7 Å². The molecule has 0 saturated heterocycles. The number of thiophene rings is 2. The third kappa shape index (κ3) is 4.71. The molecule has 0 aromatic carbocycles. The zero-order valence-corrected chi connectivity index (χ0v) is 18.2. The Hall–Kier alpha value is -0.990. The lowest BCUT2D eigenvalue weighted by Crippen LogP contribution is -2.49. The third-order valence-corrected chi connectivity index (χ3v) is 6.77. The maximum atomic E-state index is 12.5. The van der Waals surface area contributed by atoms with Crippen LogP contribution in [0, 0.1) is 0 Å². The smallest absolute Gasteiger partial charge is 0.341 e. The number of rotatable bonds is 6. The summed E-state index contributed by atoms with van der Waals surface area (Å²) in [7, 11) is 0. The molecule has 0 unspecified atom stereocenters. The van der Waals surface area contributed by atoms with E-state index >= 15 is 0 Å². The van der Waals surface area contributed by atoms with E-state index in [0.29, 0.717) is 15.4 Å². The molecule has 0 saturated carbocycles. The molecule has 0 aliphatic heterocycles. The zero-order valence-electron chi connectivity index (χ0n) is 14.3. The van der Waals surface area contributed by atoms with E-state index in [2.05, 4.69) is 10.6 Å². The fourth-order valence-corrected chi connectivity index (χ4v) is 5.13. The van der Waals surface area contributed by atoms with Crippen LogP contribution in [0.25, 0.3) is 0 Å². The van der Waals surface area contributed by atoms with Gasteiger partial charge in [0.25, 0.3) is 5.91 Å². The summed E-state index contributed by atoms with van der Waals surface area (Å²) in [4.78, 5) is 26.5. The highest BCUT2D eigenvalue weighted by molar-refractivity contribution is 7.16. The topological polar surface area (TPSA) is 67.4 Å². The average molecular weight is 468 g/mol. The van der Waals surface area contributed by atoms with Gasteiger partial charge in [-0.05, 0) is 43.2 Å². The first-order valence-electron chi connectivity index (χ1n) is 8.30. The van der Waals surface area contributed by atoms with Gasteiger partial charge < -0.3 is 15.4 Å². The van der Waals surface area contributed by atoms with Gasteiger partial charge in [0.15, 0.2) is 0 Å². The SMILES string of the molecule is CCOC(=O)c1c(N[C@@H](NC(=O)c2cccs2)C(Cl)(Cl)Cl)sc2c1CCC2. The highest BCUT2D eigenvalue weighted by Gasteiger charge is 2.37. The molecule has 27 heavy (non-hydrogen) atoms. The van der Waals surface area contributed by atoms with Crippen LogP contribution in [0.2, 0.25) is 0 Å². The van der Waals surface area contributed by atoms with Crippen LogP contribution in [0.15, 0.2) is 17.5 Å². The Morgan fingerprint density at radius 1 is 1.33 bits per heavy atom. The normalized spacial score (nSPS) is 14.5. The minimum atomic E-state index is -1.83. The molecule has 2 N–H and O–H groups in total. The molecular weight excluding hydrogens is 451 g/mol. The van der Waals surface area contributed by atoms with Crippen LogP contribution in [0.4, 0.5) is 5.00 Å². The summed E-state index contributed by atoms with van der Waals surface area (Å²) in [6, 6.07) is 3.44. The molecule has 1 aliphatic carbocycles. The number of hydrogen-bond donors (Lipinski definition) is 2. The molecule has 10 heteroatoms. The van der Waals surface area contributed by atoms with Crippen LogP contribution < -0.4 is 10.6 Å². The van der Waals surface area contributed by atoms with E-state index in [0.717, 1.165) is 29.7 Å². The van der Waals surface area contributed by atoms with Gasteiger partial charge in [0.1, 0.15) is 11.2 Å². The van der Waals surface area contributed by atoms with Crippen LogP contribution in [0.3, 0.4) is 0 Å². The third-order valence-electron chi connectivity index (χ3n) is 4.02. The van der Waals surface area contributed by atoms with Crippen molar-refractivity contribution >= 4 is 74.4 Å². The molecule has 146 valence electrons. The Morgan fingerprint density at radius 3 is 2.74 bits per heavy atom. The number of nitrogens with one attached hydrogen (secondary N) is 2. The van der Waals surface area contributed by atoms with Crippen molar-refractivity contribution < 1.29 is 14.3 Å². The maximum absolute atomic E-state index is 12.5. The van der Waals surface area contributed by atoms with Crippen molar-refractivity contribution in [3.8, 4) is 0 Å². The van der Waals surface area contributed by atoms with Gasteiger partial charge in [-0.25, -0.2) is 4.79 Å². The molecule has 1 amide bonds. The number of hydrogen-bond acceptors (Lipinski definition) is 6. The van der Waals surface area contributed by atoms with E-state index in [-0.39, 0.29) is 12.5 Å². The summed E-state index contributed by atoms with van der Waals surface area (Å²) < 4.78 is 3.38. The van der Waals surface area contributed by atoms with Gasteiger partial charge in [0.05, 0.1) is 17.0 Å². The largest absolute Gasteiger partial charge is 0.462 e. The Morgan fingerprint density at radius 2 is 2.11 bits per heavy atom. The predicted octanol–water partition coefficient (Wildman–Crippen LogP) is 5.01. The maximum Gasteiger partial charge on any atom is 0.341 e. The first-order valence-corrected chi connectivity index (χ1v) is 11.1. The molecule has 5 nitrogen and oxygen atoms in total. The van der Waals surface area contributed by atoms with Crippen LogP contribution in [-0.4, -0.2) is 28.4 Å². The number of halogens is 3. The fourth-order valence-electron chi connectivity index (χ4n) is 2.87. The molecular formula is C17H17Cl3N2O3S2. The first-order chi connectivity index (χ1) is 12.8. The minimum Gasteiger partial charge on any atom is -0.462 e. The van der Waals surface area contributed by atoms with E-state index in [9.17, 15) is 9.59 Å². The Balaban J connectivity index is 1.88. The average Bonchev–Trinajstić information content (AvgIpc) is 3.30. The second-order valence-corrected chi connectivity index (χ2v) is 10.3. The lowest BCUT2D eigenvalue weighted by Gasteiger charge is -2.27.